The zero-order valence-electron chi connectivity index (χ0n) is 16.3. The van der Waals surface area contributed by atoms with E-state index in [4.69, 9.17) is 11.6 Å². The number of carbonyl (C=O) groups is 1. The van der Waals surface area contributed by atoms with Crippen molar-refractivity contribution in [2.75, 3.05) is 41.3 Å². The zero-order valence-corrected chi connectivity index (χ0v) is 17.8. The minimum absolute atomic E-state index is 0.0194. The van der Waals surface area contributed by atoms with Crippen LogP contribution in [0.4, 0.5) is 39.0 Å². The van der Waals surface area contributed by atoms with Crippen LogP contribution in [-0.2, 0) is 0 Å². The first-order valence-electron chi connectivity index (χ1n) is 9.43. The molecular weight excluding hydrogens is 473 g/mol. The summed E-state index contributed by atoms with van der Waals surface area (Å²) >= 11 is 7.67. The van der Waals surface area contributed by atoms with E-state index in [1.165, 1.54) is 11.3 Å². The van der Waals surface area contributed by atoms with E-state index in [9.17, 15) is 26.7 Å². The fourth-order valence-corrected chi connectivity index (χ4v) is 4.40. The third kappa shape index (κ3) is 4.12. The SMILES string of the molecule is O=C(Nc1ccc(N2CCN(c3c(F)c(F)c(F)c(F)c3F)CC2)c(Cl)c1)c1cccs1. The molecule has 2 aromatic carbocycles. The van der Waals surface area contributed by atoms with Gasteiger partial charge in [0.15, 0.2) is 23.3 Å². The minimum Gasteiger partial charge on any atom is -0.367 e. The highest BCUT2D eigenvalue weighted by Crippen LogP contribution is 2.33. The number of hydrogen-bond donors (Lipinski definition) is 1. The first kappa shape index (κ1) is 22.3. The van der Waals surface area contributed by atoms with Crippen molar-refractivity contribution < 1.29 is 26.7 Å². The average Bonchev–Trinajstić information content (AvgIpc) is 3.32. The molecule has 4 nitrogen and oxygen atoms in total. The molecule has 11 heteroatoms. The van der Waals surface area contributed by atoms with Gasteiger partial charge >= 0.3 is 0 Å². The first-order chi connectivity index (χ1) is 15.3. The predicted octanol–water partition coefficient (Wildman–Crippen LogP) is 5.68. The van der Waals surface area contributed by atoms with Crippen LogP contribution >= 0.6 is 22.9 Å². The van der Waals surface area contributed by atoms with Gasteiger partial charge in [-0.05, 0) is 29.6 Å². The van der Waals surface area contributed by atoms with Crippen molar-refractivity contribution in [2.45, 2.75) is 0 Å². The number of thiophene rings is 1. The lowest BCUT2D eigenvalue weighted by atomic mass is 10.2. The van der Waals surface area contributed by atoms with Crippen molar-refractivity contribution in [2.24, 2.45) is 0 Å². The Morgan fingerprint density at radius 3 is 2.03 bits per heavy atom. The van der Waals surface area contributed by atoms with Gasteiger partial charge in [-0.3, -0.25) is 4.79 Å². The molecule has 0 aliphatic carbocycles. The van der Waals surface area contributed by atoms with Gasteiger partial charge in [-0.15, -0.1) is 11.3 Å². The predicted molar refractivity (Wildman–Crippen MR) is 114 cm³/mol. The molecule has 0 bridgehead atoms. The second-order valence-corrected chi connectivity index (χ2v) is 8.35. The quantitative estimate of drug-likeness (QED) is 0.292. The number of carbonyl (C=O) groups excluding carboxylic acids is 1. The Hall–Kier alpha value is -2.85. The second-order valence-electron chi connectivity index (χ2n) is 6.99. The smallest absolute Gasteiger partial charge is 0.265 e. The molecule has 1 saturated heterocycles. The van der Waals surface area contributed by atoms with Gasteiger partial charge < -0.3 is 15.1 Å². The molecule has 168 valence electrons. The molecule has 2 heterocycles. The second kappa shape index (κ2) is 8.95. The summed E-state index contributed by atoms with van der Waals surface area (Å²) in [6, 6.07) is 8.41. The summed E-state index contributed by atoms with van der Waals surface area (Å²) < 4.78 is 68.5. The number of rotatable bonds is 4. The van der Waals surface area contributed by atoms with Crippen molar-refractivity contribution in [1.29, 1.82) is 0 Å². The number of piperazine rings is 1. The van der Waals surface area contributed by atoms with E-state index in [0.29, 0.717) is 21.3 Å². The van der Waals surface area contributed by atoms with Gasteiger partial charge in [-0.25, -0.2) is 22.0 Å². The van der Waals surface area contributed by atoms with E-state index >= 15 is 0 Å². The molecule has 1 aromatic heterocycles. The van der Waals surface area contributed by atoms with Crippen molar-refractivity contribution in [3.63, 3.8) is 0 Å². The molecule has 1 N–H and O–H groups in total. The van der Waals surface area contributed by atoms with E-state index in [0.717, 1.165) is 4.90 Å². The zero-order chi connectivity index (χ0) is 23.0. The fourth-order valence-electron chi connectivity index (χ4n) is 3.48. The first-order valence-corrected chi connectivity index (χ1v) is 10.7. The maximum absolute atomic E-state index is 14.1. The number of nitrogens with zero attached hydrogens (tertiary/aromatic N) is 2. The van der Waals surface area contributed by atoms with Crippen LogP contribution in [0.3, 0.4) is 0 Å². The Bertz CT molecular complexity index is 1140. The largest absolute Gasteiger partial charge is 0.367 e. The van der Waals surface area contributed by atoms with Gasteiger partial charge in [0, 0.05) is 31.9 Å². The van der Waals surface area contributed by atoms with Crippen molar-refractivity contribution in [3.8, 4) is 0 Å². The van der Waals surface area contributed by atoms with Crippen LogP contribution in [0, 0.1) is 29.1 Å². The third-order valence-corrected chi connectivity index (χ3v) is 6.25. The van der Waals surface area contributed by atoms with E-state index < -0.39 is 34.8 Å². The molecule has 1 amide bonds. The lowest BCUT2D eigenvalue weighted by Crippen LogP contribution is -2.47. The molecule has 1 aliphatic rings. The van der Waals surface area contributed by atoms with Gasteiger partial charge in [0.25, 0.3) is 5.91 Å². The molecule has 0 radical (unpaired) electrons. The Morgan fingerprint density at radius 1 is 0.875 bits per heavy atom. The average molecular weight is 488 g/mol. The molecule has 32 heavy (non-hydrogen) atoms. The van der Waals surface area contributed by atoms with Crippen LogP contribution in [0.25, 0.3) is 0 Å². The number of nitrogens with one attached hydrogen (secondary N) is 1. The van der Waals surface area contributed by atoms with E-state index in [1.54, 1.807) is 35.7 Å². The Labute approximate surface area is 188 Å². The fraction of sp³-hybridized carbons (Fsp3) is 0.190. The van der Waals surface area contributed by atoms with Gasteiger partial charge in [0.1, 0.15) is 5.69 Å². The maximum atomic E-state index is 14.1. The summed E-state index contributed by atoms with van der Waals surface area (Å²) in [4.78, 5) is 15.7. The van der Waals surface area contributed by atoms with Crippen LogP contribution in [0.5, 0.6) is 0 Å². The van der Waals surface area contributed by atoms with Crippen molar-refractivity contribution in [3.05, 3.63) is 74.7 Å². The number of benzene rings is 2. The van der Waals surface area contributed by atoms with E-state index in [1.807, 2.05) is 4.90 Å². The summed E-state index contributed by atoms with van der Waals surface area (Å²) in [5.41, 5.74) is 0.189. The highest BCUT2D eigenvalue weighted by atomic mass is 35.5. The summed E-state index contributed by atoms with van der Waals surface area (Å²) in [5.74, 6) is -10.1. The summed E-state index contributed by atoms with van der Waals surface area (Å²) in [6.07, 6.45) is 0. The van der Waals surface area contributed by atoms with Crippen LogP contribution in [0.1, 0.15) is 9.67 Å². The molecule has 0 saturated carbocycles. The summed E-state index contributed by atoms with van der Waals surface area (Å²) in [6.45, 7) is 0.511. The highest BCUT2D eigenvalue weighted by molar-refractivity contribution is 7.12. The van der Waals surface area contributed by atoms with Gasteiger partial charge in [0.05, 0.1) is 15.6 Å². The lowest BCUT2D eigenvalue weighted by molar-refractivity contribution is 0.103. The van der Waals surface area contributed by atoms with Crippen LogP contribution in [0.2, 0.25) is 5.02 Å². The summed E-state index contributed by atoms with van der Waals surface area (Å²) in [7, 11) is 0. The maximum Gasteiger partial charge on any atom is 0.265 e. The van der Waals surface area contributed by atoms with Gasteiger partial charge in [-0.1, -0.05) is 17.7 Å². The number of amides is 1. The molecule has 0 unspecified atom stereocenters. The molecule has 1 aliphatic heterocycles. The van der Waals surface area contributed by atoms with Crippen LogP contribution in [0.15, 0.2) is 35.7 Å². The van der Waals surface area contributed by atoms with Crippen LogP contribution in [-0.4, -0.2) is 32.1 Å². The number of halogens is 6. The van der Waals surface area contributed by atoms with Crippen molar-refractivity contribution in [1.82, 2.24) is 0 Å². The molecule has 0 spiro atoms. The lowest BCUT2D eigenvalue weighted by Gasteiger charge is -2.38. The standard InChI is InChI=1S/C21H15ClF5N3OS/c22-12-10-11(28-21(31)14-2-1-9-32-14)3-4-13(12)29-5-7-30(8-6-29)20-18(26)16(24)15(23)17(25)19(20)27/h1-4,9-10H,5-8H2,(H,28,31). The molecule has 3 aromatic rings. The van der Waals surface area contributed by atoms with E-state index in [2.05, 4.69) is 5.32 Å². The normalized spacial score (nSPS) is 14.1. The van der Waals surface area contributed by atoms with Crippen LogP contribution < -0.4 is 15.1 Å². The Balaban J connectivity index is 1.46. The molecule has 1 fully saturated rings. The molecule has 4 rings (SSSR count). The monoisotopic (exact) mass is 487 g/mol. The van der Waals surface area contributed by atoms with Gasteiger partial charge in [0.2, 0.25) is 5.82 Å². The Morgan fingerprint density at radius 2 is 1.47 bits per heavy atom. The van der Waals surface area contributed by atoms with Crippen molar-refractivity contribution >= 4 is 45.9 Å². The summed E-state index contributed by atoms with van der Waals surface area (Å²) in [5, 5.41) is 4.88. The molecule has 0 atom stereocenters. The number of anilines is 3. The van der Waals surface area contributed by atoms with Gasteiger partial charge in [-0.2, -0.15) is 0 Å². The third-order valence-electron chi connectivity index (χ3n) is 5.07. The minimum atomic E-state index is -2.18. The van der Waals surface area contributed by atoms with E-state index in [-0.39, 0.29) is 32.1 Å². The number of hydrogen-bond acceptors (Lipinski definition) is 4. The highest BCUT2D eigenvalue weighted by Gasteiger charge is 2.31. The Kier molecular flexibility index (Phi) is 6.25. The topological polar surface area (TPSA) is 35.6 Å². The molecular formula is C21H15ClF5N3OS.